The first-order chi connectivity index (χ1) is 8.59. The fraction of sp³-hybridized carbons (Fsp3) is 0.538. The van der Waals surface area contributed by atoms with E-state index in [9.17, 15) is 0 Å². The lowest BCUT2D eigenvalue weighted by Crippen LogP contribution is -2.38. The van der Waals surface area contributed by atoms with Crippen molar-refractivity contribution >= 4 is 34.8 Å². The molecular weight excluding hydrogens is 293 g/mol. The maximum Gasteiger partial charge on any atom is 0.0781 e. The Kier molecular flexibility index (Phi) is 5.16. The number of hydrogen-bond acceptors (Lipinski definition) is 2. The highest BCUT2D eigenvalue weighted by molar-refractivity contribution is 6.48. The molecule has 0 bridgehead atoms. The highest BCUT2D eigenvalue weighted by Gasteiger charge is 2.19. The Bertz CT molecular complexity index is 419. The first-order valence-electron chi connectivity index (χ1n) is 6.06. The number of benzene rings is 1. The van der Waals surface area contributed by atoms with Gasteiger partial charge in [0.2, 0.25) is 0 Å². The minimum Gasteiger partial charge on any atom is -0.380 e. The first-order valence-corrected chi connectivity index (χ1v) is 7.20. The lowest BCUT2D eigenvalue weighted by atomic mass is 10.0. The van der Waals surface area contributed by atoms with E-state index < -0.39 is 0 Å². The Labute approximate surface area is 123 Å². The van der Waals surface area contributed by atoms with Crippen LogP contribution in [0.1, 0.15) is 31.4 Å². The molecule has 1 fully saturated rings. The molecular formula is C13H16Cl3NO. The number of hydrogen-bond donors (Lipinski definition) is 1. The molecule has 1 aliphatic rings. The van der Waals surface area contributed by atoms with Gasteiger partial charge in [0.05, 0.1) is 21.7 Å². The predicted octanol–water partition coefficient (Wildman–Crippen LogP) is 4.48. The maximum absolute atomic E-state index is 6.22. The van der Waals surface area contributed by atoms with Crippen LogP contribution in [0.25, 0.3) is 0 Å². The molecule has 2 rings (SSSR count). The van der Waals surface area contributed by atoms with Gasteiger partial charge in [0.25, 0.3) is 0 Å². The molecule has 1 aromatic rings. The molecule has 5 heteroatoms. The molecule has 0 aromatic heterocycles. The van der Waals surface area contributed by atoms with Crippen LogP contribution in [0.5, 0.6) is 0 Å². The quantitative estimate of drug-likeness (QED) is 0.832. The molecule has 0 spiro atoms. The Morgan fingerprint density at radius 1 is 1.28 bits per heavy atom. The van der Waals surface area contributed by atoms with E-state index in [2.05, 4.69) is 12.2 Å². The van der Waals surface area contributed by atoms with Crippen LogP contribution in [0, 0.1) is 0 Å². The lowest BCUT2D eigenvalue weighted by molar-refractivity contribution is 0.0671. The van der Waals surface area contributed by atoms with Gasteiger partial charge in [-0.15, -0.1) is 0 Å². The molecule has 2 unspecified atom stereocenters. The SMILES string of the molecule is CC(NC1CCCOC1)c1ccc(Cl)c(Cl)c1Cl. The minimum absolute atomic E-state index is 0.124. The molecule has 2 nitrogen and oxygen atoms in total. The summed E-state index contributed by atoms with van der Waals surface area (Å²) in [6, 6.07) is 4.19. The molecule has 0 radical (unpaired) electrons. The van der Waals surface area contributed by atoms with Crippen molar-refractivity contribution in [3.63, 3.8) is 0 Å². The Hall–Kier alpha value is 0.01000. The van der Waals surface area contributed by atoms with Crippen LogP contribution in [0.4, 0.5) is 0 Å². The minimum atomic E-state index is 0.124. The van der Waals surface area contributed by atoms with Crippen molar-refractivity contribution in [2.75, 3.05) is 13.2 Å². The summed E-state index contributed by atoms with van der Waals surface area (Å²) in [6.45, 7) is 3.68. The molecule has 1 heterocycles. The van der Waals surface area contributed by atoms with Gasteiger partial charge in [-0.3, -0.25) is 0 Å². The van der Waals surface area contributed by atoms with Crippen LogP contribution in [0.3, 0.4) is 0 Å². The van der Waals surface area contributed by atoms with Crippen molar-refractivity contribution in [3.05, 3.63) is 32.8 Å². The third kappa shape index (κ3) is 3.31. The van der Waals surface area contributed by atoms with Gasteiger partial charge < -0.3 is 10.1 Å². The summed E-state index contributed by atoms with van der Waals surface area (Å²) >= 11 is 18.2. The van der Waals surface area contributed by atoms with Gasteiger partial charge in [-0.1, -0.05) is 40.9 Å². The molecule has 2 atom stereocenters. The van der Waals surface area contributed by atoms with Gasteiger partial charge in [-0.2, -0.15) is 0 Å². The van der Waals surface area contributed by atoms with E-state index in [0.29, 0.717) is 21.1 Å². The molecule has 1 aromatic carbocycles. The summed E-state index contributed by atoms with van der Waals surface area (Å²) in [5.74, 6) is 0. The van der Waals surface area contributed by atoms with E-state index in [1.165, 1.54) is 0 Å². The van der Waals surface area contributed by atoms with E-state index in [-0.39, 0.29) is 6.04 Å². The van der Waals surface area contributed by atoms with E-state index in [0.717, 1.165) is 31.6 Å². The topological polar surface area (TPSA) is 21.3 Å². The van der Waals surface area contributed by atoms with Crippen molar-refractivity contribution in [1.29, 1.82) is 0 Å². The number of halogens is 3. The smallest absolute Gasteiger partial charge is 0.0781 e. The standard InChI is InChI=1S/C13H16Cl3NO/c1-8(17-9-3-2-6-18-7-9)10-4-5-11(14)13(16)12(10)15/h4-5,8-9,17H,2-3,6-7H2,1H3. The molecule has 1 aliphatic heterocycles. The third-order valence-corrected chi connectivity index (χ3v) is 4.49. The van der Waals surface area contributed by atoms with Gasteiger partial charge in [0.1, 0.15) is 0 Å². The average Bonchev–Trinajstić information content (AvgIpc) is 2.37. The summed E-state index contributed by atoms with van der Waals surface area (Å²) in [5.41, 5.74) is 0.969. The first kappa shape index (κ1) is 14.4. The number of nitrogens with one attached hydrogen (secondary N) is 1. The van der Waals surface area contributed by atoms with Crippen LogP contribution in [0.2, 0.25) is 15.1 Å². The van der Waals surface area contributed by atoms with Crippen molar-refractivity contribution in [2.24, 2.45) is 0 Å². The fourth-order valence-corrected chi connectivity index (χ4v) is 2.90. The molecule has 0 amide bonds. The Balaban J connectivity index is 2.08. The molecule has 18 heavy (non-hydrogen) atoms. The molecule has 0 aliphatic carbocycles. The van der Waals surface area contributed by atoms with Crippen LogP contribution in [0.15, 0.2) is 12.1 Å². The van der Waals surface area contributed by atoms with Gasteiger partial charge >= 0.3 is 0 Å². The second kappa shape index (κ2) is 6.44. The summed E-state index contributed by atoms with van der Waals surface area (Å²) in [7, 11) is 0. The van der Waals surface area contributed by atoms with Crippen LogP contribution < -0.4 is 5.32 Å². The largest absolute Gasteiger partial charge is 0.380 e. The molecule has 1 N–H and O–H groups in total. The second-order valence-electron chi connectivity index (χ2n) is 4.57. The van der Waals surface area contributed by atoms with E-state index in [1.54, 1.807) is 6.07 Å². The number of ether oxygens (including phenoxy) is 1. The zero-order chi connectivity index (χ0) is 13.1. The Morgan fingerprint density at radius 3 is 2.72 bits per heavy atom. The summed E-state index contributed by atoms with van der Waals surface area (Å²) in [4.78, 5) is 0. The number of rotatable bonds is 3. The molecule has 1 saturated heterocycles. The zero-order valence-electron chi connectivity index (χ0n) is 10.2. The van der Waals surface area contributed by atoms with E-state index in [1.807, 2.05) is 6.07 Å². The third-order valence-electron chi connectivity index (χ3n) is 3.18. The Morgan fingerprint density at radius 2 is 2.06 bits per heavy atom. The van der Waals surface area contributed by atoms with Crippen molar-refractivity contribution < 1.29 is 4.74 Å². The van der Waals surface area contributed by atoms with Gasteiger partial charge in [-0.05, 0) is 31.4 Å². The normalized spacial score (nSPS) is 21.9. The molecule has 100 valence electrons. The summed E-state index contributed by atoms with van der Waals surface area (Å²) in [5, 5.41) is 4.95. The predicted molar refractivity (Wildman–Crippen MR) is 76.9 cm³/mol. The van der Waals surface area contributed by atoms with Crippen LogP contribution >= 0.6 is 34.8 Å². The lowest BCUT2D eigenvalue weighted by Gasteiger charge is -2.27. The van der Waals surface area contributed by atoms with Gasteiger partial charge in [0.15, 0.2) is 0 Å². The maximum atomic E-state index is 6.22. The van der Waals surface area contributed by atoms with Crippen molar-refractivity contribution in [2.45, 2.75) is 31.8 Å². The van der Waals surface area contributed by atoms with E-state index in [4.69, 9.17) is 39.5 Å². The zero-order valence-corrected chi connectivity index (χ0v) is 12.4. The highest BCUT2D eigenvalue weighted by Crippen LogP contribution is 2.35. The average molecular weight is 309 g/mol. The van der Waals surface area contributed by atoms with Crippen LogP contribution in [-0.2, 0) is 4.74 Å². The summed E-state index contributed by atoms with van der Waals surface area (Å²) < 4.78 is 5.45. The van der Waals surface area contributed by atoms with Gasteiger partial charge in [0, 0.05) is 18.7 Å². The summed E-state index contributed by atoms with van der Waals surface area (Å²) in [6.07, 6.45) is 2.22. The highest BCUT2D eigenvalue weighted by atomic mass is 35.5. The molecule has 0 saturated carbocycles. The second-order valence-corrected chi connectivity index (χ2v) is 5.73. The van der Waals surface area contributed by atoms with E-state index >= 15 is 0 Å². The van der Waals surface area contributed by atoms with Crippen molar-refractivity contribution in [1.82, 2.24) is 5.32 Å². The van der Waals surface area contributed by atoms with Crippen LogP contribution in [-0.4, -0.2) is 19.3 Å². The van der Waals surface area contributed by atoms with Crippen molar-refractivity contribution in [3.8, 4) is 0 Å². The fourth-order valence-electron chi connectivity index (χ4n) is 2.19. The monoisotopic (exact) mass is 307 g/mol. The van der Waals surface area contributed by atoms with Gasteiger partial charge in [-0.25, -0.2) is 0 Å².